The number of primary amides is 1. The quantitative estimate of drug-likeness (QED) is 0.323. The maximum Gasteiger partial charge on any atom is 0.285 e. The predicted molar refractivity (Wildman–Crippen MR) is 182 cm³/mol. The fraction of sp³-hybridized carbons (Fsp3) is 0.784. The number of fused-ring (bicyclic) bond motifs is 1. The van der Waals surface area contributed by atoms with Gasteiger partial charge in [0.25, 0.3) is 5.91 Å². The number of aromatic nitrogens is 1. The van der Waals surface area contributed by atoms with E-state index in [1.54, 1.807) is 0 Å². The maximum atomic E-state index is 14.8. The Kier molecular flexibility index (Phi) is 9.46. The van der Waals surface area contributed by atoms with E-state index < -0.39 is 35.0 Å². The number of nitrogens with zero attached hydrogens (tertiary/aromatic N) is 3. The monoisotopic (exact) mass is 682 g/mol. The van der Waals surface area contributed by atoms with E-state index in [4.69, 9.17) is 15.5 Å². The van der Waals surface area contributed by atoms with Crippen LogP contribution in [0.3, 0.4) is 0 Å². The Balaban J connectivity index is 1.23. The highest BCUT2D eigenvalue weighted by atomic mass is 32.1. The minimum absolute atomic E-state index is 0.00857. The molecule has 1 aromatic heterocycles. The van der Waals surface area contributed by atoms with E-state index in [1.807, 2.05) is 15.2 Å². The zero-order chi connectivity index (χ0) is 34.6. The molecule has 0 bridgehead atoms. The normalized spacial score (nSPS) is 27.3. The molecule has 3 amide bonds. The molecule has 0 aromatic carbocycles. The summed E-state index contributed by atoms with van der Waals surface area (Å²) in [5.74, 6) is -2.62. The van der Waals surface area contributed by atoms with Crippen molar-refractivity contribution in [1.82, 2.24) is 14.8 Å². The van der Waals surface area contributed by atoms with Crippen molar-refractivity contribution in [2.75, 3.05) is 32.8 Å². The molecule has 0 radical (unpaired) electrons. The summed E-state index contributed by atoms with van der Waals surface area (Å²) in [4.78, 5) is 75.5. The van der Waals surface area contributed by atoms with Gasteiger partial charge in [-0.3, -0.25) is 24.0 Å². The number of hydrogen-bond donors (Lipinski definition) is 1. The fourth-order valence-electron chi connectivity index (χ4n) is 9.85. The molecule has 5 fully saturated rings. The first-order valence-electron chi connectivity index (χ1n) is 18.1. The first kappa shape index (κ1) is 35.2. The summed E-state index contributed by atoms with van der Waals surface area (Å²) in [5, 5.41) is 2.72. The number of hydrogen-bond acceptors (Lipinski definition) is 8. The summed E-state index contributed by atoms with van der Waals surface area (Å²) in [6.07, 6.45) is 8.18. The number of nitrogens with two attached hydrogens (primary N) is 1. The van der Waals surface area contributed by atoms with Crippen molar-refractivity contribution in [2.45, 2.75) is 111 Å². The maximum absolute atomic E-state index is 14.8. The Morgan fingerprint density at radius 2 is 1.75 bits per heavy atom. The van der Waals surface area contributed by atoms with Gasteiger partial charge in [0, 0.05) is 55.1 Å². The number of likely N-dealkylation sites (tertiary alicyclic amines) is 1. The lowest BCUT2D eigenvalue weighted by molar-refractivity contribution is -0.145. The van der Waals surface area contributed by atoms with Crippen molar-refractivity contribution in [3.8, 4) is 0 Å². The predicted octanol–water partition coefficient (Wildman–Crippen LogP) is 4.37. The third-order valence-electron chi connectivity index (χ3n) is 13.4. The van der Waals surface area contributed by atoms with Crippen LogP contribution in [-0.2, 0) is 41.6 Å². The fourth-order valence-corrected chi connectivity index (χ4v) is 10.7. The van der Waals surface area contributed by atoms with Crippen LogP contribution in [-0.4, -0.2) is 83.0 Å². The van der Waals surface area contributed by atoms with Gasteiger partial charge in [-0.05, 0) is 47.8 Å². The van der Waals surface area contributed by atoms with Gasteiger partial charge in [-0.25, -0.2) is 4.98 Å². The van der Waals surface area contributed by atoms with Crippen LogP contribution in [0.15, 0.2) is 5.38 Å². The molecule has 2 aliphatic heterocycles. The molecule has 2 N–H and O–H groups in total. The third kappa shape index (κ3) is 6.05. The van der Waals surface area contributed by atoms with Gasteiger partial charge < -0.3 is 20.3 Å². The molecule has 11 heteroatoms. The third-order valence-corrected chi connectivity index (χ3v) is 14.3. The van der Waals surface area contributed by atoms with Crippen molar-refractivity contribution in [3.05, 3.63) is 16.1 Å². The molecule has 6 rings (SSSR count). The van der Waals surface area contributed by atoms with E-state index in [-0.39, 0.29) is 46.7 Å². The van der Waals surface area contributed by atoms with Crippen LogP contribution in [0.25, 0.3) is 0 Å². The summed E-state index contributed by atoms with van der Waals surface area (Å²) in [6, 6.07) is -0.635. The van der Waals surface area contributed by atoms with Crippen molar-refractivity contribution in [2.24, 2.45) is 45.1 Å². The van der Waals surface area contributed by atoms with Gasteiger partial charge in [-0.1, -0.05) is 60.3 Å². The van der Waals surface area contributed by atoms with Gasteiger partial charge in [0.05, 0.1) is 36.4 Å². The van der Waals surface area contributed by atoms with Gasteiger partial charge in [-0.2, -0.15) is 0 Å². The zero-order valence-electron chi connectivity index (χ0n) is 29.5. The second-order valence-corrected chi connectivity index (χ2v) is 17.9. The Morgan fingerprint density at radius 3 is 2.29 bits per heavy atom. The van der Waals surface area contributed by atoms with Crippen molar-refractivity contribution in [3.63, 3.8) is 0 Å². The Bertz CT molecular complexity index is 1450. The summed E-state index contributed by atoms with van der Waals surface area (Å²) in [5.41, 5.74) is 5.76. The first-order chi connectivity index (χ1) is 22.6. The first-order valence-corrected chi connectivity index (χ1v) is 18.9. The number of carbonyl (C=O) groups excluding carboxylic acids is 5. The van der Waals surface area contributed by atoms with E-state index in [0.29, 0.717) is 63.7 Å². The highest BCUT2D eigenvalue weighted by Crippen LogP contribution is 2.88. The second-order valence-electron chi connectivity index (χ2n) is 17.0. The highest BCUT2D eigenvalue weighted by Gasteiger charge is 2.85. The average Bonchev–Trinajstić information content (AvgIpc) is 3.39. The van der Waals surface area contributed by atoms with Crippen LogP contribution in [0.5, 0.6) is 0 Å². The van der Waals surface area contributed by atoms with Crippen molar-refractivity contribution < 1.29 is 28.7 Å². The van der Waals surface area contributed by atoms with Gasteiger partial charge in [0.2, 0.25) is 17.6 Å². The van der Waals surface area contributed by atoms with E-state index in [1.165, 1.54) is 17.8 Å². The minimum Gasteiger partial charge on any atom is -0.378 e. The molecule has 1 aromatic rings. The lowest BCUT2D eigenvalue weighted by atomic mass is 9.73. The molecular weight excluding hydrogens is 628 g/mol. The average molecular weight is 683 g/mol. The Hall–Kier alpha value is -2.66. The molecular formula is C37H54N4O6S. The van der Waals surface area contributed by atoms with Crippen LogP contribution in [0, 0.1) is 39.4 Å². The molecule has 48 heavy (non-hydrogen) atoms. The van der Waals surface area contributed by atoms with Crippen LogP contribution >= 0.6 is 11.3 Å². The largest absolute Gasteiger partial charge is 0.378 e. The standard InChI is InChI=1S/C37H54N4O6S/c1-34(2,3)26(19-29-39-25(21-48-29)18-30(43)40-12-14-47-15-13-40)33(46)41-22-37(35(4,5)36(37)10-7-11-36)20-27(41)28(42)17-24(31(44)32(38)45)16-23-8-6-9-23/h21,23-24,26-27H,6-20,22H2,1-5H3,(H2,38,45)/t24?,26-,27+,37-/m1/s1. The van der Waals surface area contributed by atoms with Gasteiger partial charge in [0.15, 0.2) is 5.78 Å². The van der Waals surface area contributed by atoms with Crippen LogP contribution in [0.2, 0.25) is 0 Å². The SMILES string of the molecule is CC(C)(C)[C@H](Cc1nc(CC(=O)N2CCOCC2)cs1)C(=O)N1C[C@]2(C[C@H]1C(=O)CC(CC1CCC1)C(=O)C(N)=O)C(C)(C)C21CCC1. The lowest BCUT2D eigenvalue weighted by Gasteiger charge is -2.35. The smallest absolute Gasteiger partial charge is 0.285 e. The summed E-state index contributed by atoms with van der Waals surface area (Å²) < 4.78 is 5.38. The van der Waals surface area contributed by atoms with E-state index in [0.717, 1.165) is 37.1 Å². The number of thiazole rings is 1. The molecule has 3 saturated carbocycles. The molecule has 5 aliphatic rings. The molecule has 3 aliphatic carbocycles. The van der Waals surface area contributed by atoms with Gasteiger partial charge in [-0.15, -0.1) is 11.3 Å². The number of ketones is 2. The summed E-state index contributed by atoms with van der Waals surface area (Å²) in [7, 11) is 0. The number of rotatable bonds is 12. The molecule has 4 atom stereocenters. The van der Waals surface area contributed by atoms with Gasteiger partial charge >= 0.3 is 0 Å². The van der Waals surface area contributed by atoms with E-state index in [9.17, 15) is 24.0 Å². The van der Waals surface area contributed by atoms with Crippen LogP contribution < -0.4 is 5.73 Å². The topological polar surface area (TPSA) is 140 Å². The van der Waals surface area contributed by atoms with E-state index in [2.05, 4.69) is 34.6 Å². The number of amides is 3. The number of Topliss-reactive ketones (excluding diaryl/α,β-unsaturated/α-hetero) is 2. The van der Waals surface area contributed by atoms with Crippen molar-refractivity contribution in [1.29, 1.82) is 0 Å². The molecule has 10 nitrogen and oxygen atoms in total. The summed E-state index contributed by atoms with van der Waals surface area (Å²) in [6.45, 7) is 13.6. The van der Waals surface area contributed by atoms with Gasteiger partial charge in [0.1, 0.15) is 0 Å². The summed E-state index contributed by atoms with van der Waals surface area (Å²) >= 11 is 1.48. The molecule has 2 spiro atoms. The Labute approximate surface area is 288 Å². The number of ether oxygens (including phenoxy) is 1. The number of morpholine rings is 1. The minimum atomic E-state index is -0.984. The Morgan fingerprint density at radius 1 is 1.06 bits per heavy atom. The second kappa shape index (κ2) is 12.9. The lowest BCUT2D eigenvalue weighted by Crippen LogP contribution is -2.48. The molecule has 1 unspecified atom stereocenters. The van der Waals surface area contributed by atoms with E-state index >= 15 is 0 Å². The molecule has 2 saturated heterocycles. The van der Waals surface area contributed by atoms with Crippen molar-refractivity contribution >= 4 is 40.6 Å². The molecule has 3 heterocycles. The molecule has 264 valence electrons. The van der Waals surface area contributed by atoms with Crippen LogP contribution in [0.1, 0.15) is 103 Å². The van der Waals surface area contributed by atoms with Crippen LogP contribution in [0.4, 0.5) is 0 Å². The highest BCUT2D eigenvalue weighted by molar-refractivity contribution is 7.09. The zero-order valence-corrected chi connectivity index (χ0v) is 30.3. The number of carbonyl (C=O) groups is 5.